The molecular formula is C31H29BrClF3N4O5. The first-order valence-corrected chi connectivity index (χ1v) is 14.9. The SMILES string of the molecule is COc1ccc(CNC(=O)c2c3n(c(=O)n2-c2ccc(OCC(F)(F)F)cc2)CCN(Cc2ccc(Br)c(Cl)c2)C3)c(OC)c1. The second-order valence-electron chi connectivity index (χ2n) is 10.3. The first-order chi connectivity index (χ1) is 21.5. The molecule has 238 valence electrons. The molecule has 14 heteroatoms. The first-order valence-electron chi connectivity index (χ1n) is 13.8. The van der Waals surface area contributed by atoms with Gasteiger partial charge >= 0.3 is 11.9 Å². The van der Waals surface area contributed by atoms with Crippen molar-refractivity contribution in [2.24, 2.45) is 0 Å². The van der Waals surface area contributed by atoms with E-state index in [-0.39, 0.29) is 24.5 Å². The van der Waals surface area contributed by atoms with Crippen LogP contribution in [0.5, 0.6) is 17.2 Å². The molecule has 0 unspecified atom stereocenters. The summed E-state index contributed by atoms with van der Waals surface area (Å²) in [6.07, 6.45) is -4.50. The van der Waals surface area contributed by atoms with Gasteiger partial charge in [-0.25, -0.2) is 4.79 Å². The van der Waals surface area contributed by atoms with Gasteiger partial charge in [0, 0.05) is 48.8 Å². The fraction of sp³-hybridized carbons (Fsp3) is 0.290. The number of rotatable bonds is 10. The summed E-state index contributed by atoms with van der Waals surface area (Å²) in [5.41, 5.74) is 2.15. The Morgan fingerprint density at radius 2 is 1.73 bits per heavy atom. The maximum Gasteiger partial charge on any atom is 0.422 e. The summed E-state index contributed by atoms with van der Waals surface area (Å²) in [7, 11) is 3.05. The molecule has 1 aliphatic heterocycles. The topological polar surface area (TPSA) is 87.0 Å². The number of alkyl halides is 3. The second kappa shape index (κ2) is 13.6. The van der Waals surface area contributed by atoms with Gasteiger partial charge in [-0.1, -0.05) is 17.7 Å². The summed E-state index contributed by atoms with van der Waals surface area (Å²) in [6.45, 7) is 0.327. The molecule has 1 aliphatic rings. The van der Waals surface area contributed by atoms with E-state index < -0.39 is 24.4 Å². The molecule has 1 aromatic heterocycles. The molecule has 0 bridgehead atoms. The Balaban J connectivity index is 1.48. The lowest BCUT2D eigenvalue weighted by atomic mass is 10.1. The van der Waals surface area contributed by atoms with Crippen molar-refractivity contribution in [1.29, 1.82) is 0 Å². The summed E-state index contributed by atoms with van der Waals surface area (Å²) in [5.74, 6) is 0.571. The molecular weight excluding hydrogens is 681 g/mol. The minimum absolute atomic E-state index is 0.0231. The van der Waals surface area contributed by atoms with Crippen LogP contribution < -0.4 is 25.2 Å². The maximum absolute atomic E-state index is 13.9. The van der Waals surface area contributed by atoms with Crippen LogP contribution in [0.1, 0.15) is 27.3 Å². The van der Waals surface area contributed by atoms with Crippen molar-refractivity contribution in [3.05, 3.63) is 103 Å². The third-order valence-corrected chi connectivity index (χ3v) is 8.53. The molecule has 2 heterocycles. The van der Waals surface area contributed by atoms with E-state index in [1.165, 1.54) is 43.1 Å². The number of nitrogens with one attached hydrogen (secondary N) is 1. The number of methoxy groups -OCH3 is 2. The Bertz CT molecular complexity index is 1760. The van der Waals surface area contributed by atoms with Crippen molar-refractivity contribution >= 4 is 33.4 Å². The van der Waals surface area contributed by atoms with Gasteiger partial charge in [0.25, 0.3) is 5.91 Å². The average Bonchev–Trinajstić information content (AvgIpc) is 3.31. The van der Waals surface area contributed by atoms with Crippen LogP contribution in [0.4, 0.5) is 13.2 Å². The van der Waals surface area contributed by atoms with Crippen LogP contribution in [0.3, 0.4) is 0 Å². The third kappa shape index (κ3) is 7.48. The highest BCUT2D eigenvalue weighted by Crippen LogP contribution is 2.28. The number of hydrogen-bond acceptors (Lipinski definition) is 6. The smallest absolute Gasteiger partial charge is 0.422 e. The van der Waals surface area contributed by atoms with Crippen LogP contribution in [0, 0.1) is 0 Å². The Hall–Kier alpha value is -3.94. The Morgan fingerprint density at radius 3 is 2.40 bits per heavy atom. The molecule has 0 aliphatic carbocycles. The molecule has 45 heavy (non-hydrogen) atoms. The number of carbonyl (C=O) groups is 1. The summed E-state index contributed by atoms with van der Waals surface area (Å²) in [5, 5.41) is 3.48. The number of imidazole rings is 1. The van der Waals surface area contributed by atoms with Gasteiger partial charge < -0.3 is 19.5 Å². The lowest BCUT2D eigenvalue weighted by Gasteiger charge is -2.28. The zero-order chi connectivity index (χ0) is 32.3. The number of amides is 1. The van der Waals surface area contributed by atoms with E-state index in [1.807, 2.05) is 18.2 Å². The van der Waals surface area contributed by atoms with Crippen LogP contribution in [0.15, 0.2) is 69.9 Å². The molecule has 0 saturated carbocycles. The van der Waals surface area contributed by atoms with Crippen molar-refractivity contribution in [3.63, 3.8) is 0 Å². The number of nitrogens with zero attached hydrogens (tertiary/aromatic N) is 3. The molecule has 0 radical (unpaired) electrons. The van der Waals surface area contributed by atoms with Gasteiger partial charge in [0.05, 0.1) is 30.6 Å². The van der Waals surface area contributed by atoms with E-state index in [1.54, 1.807) is 22.8 Å². The molecule has 0 saturated heterocycles. The van der Waals surface area contributed by atoms with Gasteiger partial charge in [-0.05, 0) is 70.0 Å². The van der Waals surface area contributed by atoms with Gasteiger partial charge in [-0.3, -0.25) is 18.8 Å². The Labute approximate surface area is 270 Å². The normalized spacial score (nSPS) is 13.3. The lowest BCUT2D eigenvalue weighted by molar-refractivity contribution is -0.153. The standard InChI is InChI=1S/C31H29BrClF3N4O5/c1-43-23-7-4-20(27(14-23)44-2)15-37-29(41)28-26-17-38(16-19-3-10-24(32)25(33)13-19)11-12-39(26)30(42)40(28)21-5-8-22(9-6-21)45-18-31(34,35)36/h3-10,13-14H,11-12,15-18H2,1-2H3,(H,37,41). The third-order valence-electron chi connectivity index (χ3n) is 7.29. The highest BCUT2D eigenvalue weighted by molar-refractivity contribution is 9.10. The number of ether oxygens (including phenoxy) is 3. The average molecular weight is 710 g/mol. The summed E-state index contributed by atoms with van der Waals surface area (Å²) in [6, 6.07) is 16.4. The van der Waals surface area contributed by atoms with E-state index in [0.29, 0.717) is 53.1 Å². The Kier molecular flexibility index (Phi) is 9.80. The van der Waals surface area contributed by atoms with Gasteiger partial charge in [-0.15, -0.1) is 0 Å². The predicted octanol–water partition coefficient (Wildman–Crippen LogP) is 5.96. The summed E-state index contributed by atoms with van der Waals surface area (Å²) >= 11 is 9.70. The van der Waals surface area contributed by atoms with Gasteiger partial charge in [0.1, 0.15) is 22.9 Å². The predicted molar refractivity (Wildman–Crippen MR) is 166 cm³/mol. The van der Waals surface area contributed by atoms with E-state index >= 15 is 0 Å². The highest BCUT2D eigenvalue weighted by atomic mass is 79.9. The van der Waals surface area contributed by atoms with Gasteiger partial charge in [0.2, 0.25) is 0 Å². The molecule has 9 nitrogen and oxygen atoms in total. The number of benzene rings is 3. The van der Waals surface area contributed by atoms with Crippen LogP contribution in [0.25, 0.3) is 5.69 Å². The maximum atomic E-state index is 13.9. The number of hydrogen-bond donors (Lipinski definition) is 1. The molecule has 4 aromatic rings. The van der Waals surface area contributed by atoms with E-state index in [9.17, 15) is 22.8 Å². The van der Waals surface area contributed by atoms with E-state index in [2.05, 4.69) is 26.1 Å². The van der Waals surface area contributed by atoms with Crippen LogP contribution in [-0.4, -0.2) is 53.5 Å². The first kappa shape index (κ1) is 32.5. The minimum Gasteiger partial charge on any atom is -0.497 e. The van der Waals surface area contributed by atoms with E-state index in [4.69, 9.17) is 25.8 Å². The number of aromatic nitrogens is 2. The van der Waals surface area contributed by atoms with Crippen LogP contribution >= 0.6 is 27.5 Å². The van der Waals surface area contributed by atoms with Crippen LogP contribution in [-0.2, 0) is 26.2 Å². The van der Waals surface area contributed by atoms with Crippen molar-refractivity contribution in [1.82, 2.24) is 19.4 Å². The van der Waals surface area contributed by atoms with Crippen LogP contribution in [0.2, 0.25) is 5.02 Å². The summed E-state index contributed by atoms with van der Waals surface area (Å²) < 4.78 is 57.1. The fourth-order valence-electron chi connectivity index (χ4n) is 5.13. The summed E-state index contributed by atoms with van der Waals surface area (Å²) in [4.78, 5) is 29.8. The largest absolute Gasteiger partial charge is 0.497 e. The second-order valence-corrected chi connectivity index (χ2v) is 11.5. The minimum atomic E-state index is -4.50. The fourth-order valence-corrected chi connectivity index (χ4v) is 5.58. The van der Waals surface area contributed by atoms with Crippen molar-refractivity contribution in [2.75, 3.05) is 27.4 Å². The highest BCUT2D eigenvalue weighted by Gasteiger charge is 2.31. The number of halogens is 5. The molecule has 0 atom stereocenters. The molecule has 1 N–H and O–H groups in total. The molecule has 1 amide bonds. The number of fused-ring (bicyclic) bond motifs is 1. The van der Waals surface area contributed by atoms with Crippen molar-refractivity contribution in [3.8, 4) is 22.9 Å². The molecule has 3 aromatic carbocycles. The van der Waals surface area contributed by atoms with Gasteiger partial charge in [0.15, 0.2) is 6.61 Å². The zero-order valence-corrected chi connectivity index (χ0v) is 26.6. The number of carbonyl (C=O) groups excluding carboxylic acids is 1. The molecule has 0 fully saturated rings. The quantitative estimate of drug-likeness (QED) is 0.219. The van der Waals surface area contributed by atoms with Crippen molar-refractivity contribution < 1.29 is 32.2 Å². The zero-order valence-electron chi connectivity index (χ0n) is 24.3. The molecule has 5 rings (SSSR count). The lowest BCUT2D eigenvalue weighted by Crippen LogP contribution is -2.37. The molecule has 0 spiro atoms. The Morgan fingerprint density at radius 1 is 1.00 bits per heavy atom. The van der Waals surface area contributed by atoms with Crippen molar-refractivity contribution in [2.45, 2.75) is 32.4 Å². The van der Waals surface area contributed by atoms with Gasteiger partial charge in [-0.2, -0.15) is 13.2 Å². The monoisotopic (exact) mass is 708 g/mol. The van der Waals surface area contributed by atoms with E-state index in [0.717, 1.165) is 10.0 Å².